The van der Waals surface area contributed by atoms with E-state index in [9.17, 15) is 9.59 Å². The van der Waals surface area contributed by atoms with Gasteiger partial charge in [-0.3, -0.25) is 4.79 Å². The number of carbonyl (C=O) groups is 2. The van der Waals surface area contributed by atoms with Gasteiger partial charge in [0.2, 0.25) is 5.91 Å². The lowest BCUT2D eigenvalue weighted by Crippen LogP contribution is -2.36. The van der Waals surface area contributed by atoms with Gasteiger partial charge < -0.3 is 15.4 Å². The van der Waals surface area contributed by atoms with Crippen LogP contribution in [0.3, 0.4) is 0 Å². The summed E-state index contributed by atoms with van der Waals surface area (Å²) in [6.07, 6.45) is -0.616. The van der Waals surface area contributed by atoms with Crippen molar-refractivity contribution in [2.45, 2.75) is 6.54 Å². The fourth-order valence-electron chi connectivity index (χ4n) is 1.08. The lowest BCUT2D eigenvalue weighted by Gasteiger charge is -2.05. The first-order chi connectivity index (χ1) is 7.72. The van der Waals surface area contributed by atoms with Gasteiger partial charge >= 0.3 is 6.09 Å². The summed E-state index contributed by atoms with van der Waals surface area (Å²) in [5.41, 5.74) is 1.01. The number of carbonyl (C=O) groups excluding carboxylic acids is 2. The zero-order valence-electron chi connectivity index (χ0n) is 9.03. The van der Waals surface area contributed by atoms with Gasteiger partial charge in [-0.25, -0.2) is 4.79 Å². The Hall–Kier alpha value is -2.04. The van der Waals surface area contributed by atoms with Crippen LogP contribution in [0.1, 0.15) is 5.56 Å². The van der Waals surface area contributed by atoms with E-state index in [4.69, 9.17) is 0 Å². The molecule has 0 unspecified atom stereocenters. The molecule has 0 spiro atoms. The monoisotopic (exact) mass is 222 g/mol. The lowest BCUT2D eigenvalue weighted by atomic mass is 10.2. The third-order valence-electron chi connectivity index (χ3n) is 1.91. The summed E-state index contributed by atoms with van der Waals surface area (Å²) in [4.78, 5) is 21.9. The Morgan fingerprint density at radius 1 is 1.19 bits per heavy atom. The smallest absolute Gasteiger partial charge is 0.407 e. The predicted octanol–water partition coefficient (Wildman–Crippen LogP) is 0.659. The topological polar surface area (TPSA) is 67.4 Å². The molecule has 0 saturated carbocycles. The highest BCUT2D eigenvalue weighted by atomic mass is 16.5. The number of amides is 2. The van der Waals surface area contributed by atoms with E-state index in [1.54, 1.807) is 0 Å². The highest BCUT2D eigenvalue weighted by Gasteiger charge is 2.03. The first kappa shape index (κ1) is 12.0. The molecule has 2 amide bonds. The third kappa shape index (κ3) is 4.45. The summed E-state index contributed by atoms with van der Waals surface area (Å²) in [7, 11) is 1.25. The van der Waals surface area contributed by atoms with Gasteiger partial charge in [-0.1, -0.05) is 30.3 Å². The molecule has 0 aromatic heterocycles. The quantitative estimate of drug-likeness (QED) is 0.786. The molecule has 0 aliphatic carbocycles. The third-order valence-corrected chi connectivity index (χ3v) is 1.91. The van der Waals surface area contributed by atoms with Crippen LogP contribution in [0.15, 0.2) is 30.3 Å². The molecule has 0 aliphatic heterocycles. The van der Waals surface area contributed by atoms with Crippen molar-refractivity contribution >= 4 is 12.0 Å². The van der Waals surface area contributed by atoms with Crippen LogP contribution >= 0.6 is 0 Å². The van der Waals surface area contributed by atoms with Crippen molar-refractivity contribution < 1.29 is 14.3 Å². The molecule has 0 aliphatic rings. The Bertz CT molecular complexity index is 352. The van der Waals surface area contributed by atoms with E-state index < -0.39 is 6.09 Å². The van der Waals surface area contributed by atoms with E-state index in [1.807, 2.05) is 30.3 Å². The zero-order chi connectivity index (χ0) is 11.8. The molecule has 16 heavy (non-hydrogen) atoms. The van der Waals surface area contributed by atoms with Gasteiger partial charge in [-0.05, 0) is 5.56 Å². The molecule has 0 bridgehead atoms. The van der Waals surface area contributed by atoms with Crippen molar-refractivity contribution in [2.24, 2.45) is 0 Å². The van der Waals surface area contributed by atoms with Gasteiger partial charge in [0.05, 0.1) is 7.11 Å². The molecule has 5 heteroatoms. The number of hydrogen-bond acceptors (Lipinski definition) is 3. The molecule has 0 saturated heterocycles. The molecular weight excluding hydrogens is 208 g/mol. The zero-order valence-corrected chi connectivity index (χ0v) is 9.03. The highest BCUT2D eigenvalue weighted by Crippen LogP contribution is 1.96. The van der Waals surface area contributed by atoms with Crippen molar-refractivity contribution in [1.82, 2.24) is 10.6 Å². The van der Waals surface area contributed by atoms with E-state index in [2.05, 4.69) is 15.4 Å². The van der Waals surface area contributed by atoms with Crippen molar-refractivity contribution in [3.05, 3.63) is 35.9 Å². The van der Waals surface area contributed by atoms with Crippen LogP contribution in [-0.2, 0) is 16.1 Å². The van der Waals surface area contributed by atoms with Crippen LogP contribution in [-0.4, -0.2) is 25.7 Å². The van der Waals surface area contributed by atoms with Crippen molar-refractivity contribution in [2.75, 3.05) is 13.7 Å². The Kier molecular flexibility index (Phi) is 4.85. The van der Waals surface area contributed by atoms with Crippen molar-refractivity contribution in [1.29, 1.82) is 0 Å². The van der Waals surface area contributed by atoms with Crippen LogP contribution in [0.25, 0.3) is 0 Å². The van der Waals surface area contributed by atoms with Gasteiger partial charge in [-0.15, -0.1) is 0 Å². The summed E-state index contributed by atoms with van der Waals surface area (Å²) in [6.45, 7) is 0.363. The number of methoxy groups -OCH3 is 1. The molecule has 2 N–H and O–H groups in total. The first-order valence-corrected chi connectivity index (χ1v) is 4.85. The Labute approximate surface area is 93.8 Å². The van der Waals surface area contributed by atoms with Crippen molar-refractivity contribution in [3.63, 3.8) is 0 Å². The van der Waals surface area contributed by atoms with Crippen LogP contribution in [0.4, 0.5) is 4.79 Å². The lowest BCUT2D eigenvalue weighted by molar-refractivity contribution is -0.120. The second-order valence-corrected chi connectivity index (χ2v) is 3.11. The molecule has 1 aromatic rings. The van der Waals surface area contributed by atoms with Gasteiger partial charge in [-0.2, -0.15) is 0 Å². The maximum atomic E-state index is 11.3. The average molecular weight is 222 g/mol. The van der Waals surface area contributed by atoms with Gasteiger partial charge in [0, 0.05) is 6.54 Å². The Balaban J connectivity index is 2.23. The molecule has 86 valence electrons. The maximum absolute atomic E-state index is 11.3. The van der Waals surface area contributed by atoms with E-state index in [0.717, 1.165) is 5.56 Å². The normalized spacial score (nSPS) is 9.31. The molecule has 0 radical (unpaired) electrons. The average Bonchev–Trinajstić information content (AvgIpc) is 2.34. The fraction of sp³-hybridized carbons (Fsp3) is 0.273. The van der Waals surface area contributed by atoms with Gasteiger partial charge in [0.15, 0.2) is 0 Å². The van der Waals surface area contributed by atoms with E-state index >= 15 is 0 Å². The molecule has 1 rings (SSSR count). The molecular formula is C11H14N2O3. The summed E-state index contributed by atoms with van der Waals surface area (Å²) in [6, 6.07) is 9.52. The van der Waals surface area contributed by atoms with Crippen LogP contribution in [0, 0.1) is 0 Å². The van der Waals surface area contributed by atoms with E-state index in [0.29, 0.717) is 6.54 Å². The Morgan fingerprint density at radius 2 is 1.88 bits per heavy atom. The molecule has 0 fully saturated rings. The number of benzene rings is 1. The summed E-state index contributed by atoms with van der Waals surface area (Å²) in [5, 5.41) is 4.96. The highest BCUT2D eigenvalue weighted by molar-refractivity contribution is 5.81. The summed E-state index contributed by atoms with van der Waals surface area (Å²) >= 11 is 0. The number of ether oxygens (including phenoxy) is 1. The predicted molar refractivity (Wildman–Crippen MR) is 58.7 cm³/mol. The number of nitrogens with one attached hydrogen (secondary N) is 2. The number of alkyl carbamates (subject to hydrolysis) is 1. The molecule has 5 nitrogen and oxygen atoms in total. The minimum atomic E-state index is -0.616. The minimum absolute atomic E-state index is 0.0838. The molecule has 0 atom stereocenters. The first-order valence-electron chi connectivity index (χ1n) is 4.85. The molecule has 1 aromatic carbocycles. The SMILES string of the molecule is COC(=O)NCC(=O)NCc1ccccc1. The van der Waals surface area contributed by atoms with Gasteiger partial charge in [0.25, 0.3) is 0 Å². The van der Waals surface area contributed by atoms with Crippen LogP contribution in [0.2, 0.25) is 0 Å². The fourth-order valence-corrected chi connectivity index (χ4v) is 1.08. The second kappa shape index (κ2) is 6.44. The Morgan fingerprint density at radius 3 is 2.50 bits per heavy atom. The second-order valence-electron chi connectivity index (χ2n) is 3.11. The maximum Gasteiger partial charge on any atom is 0.407 e. The summed E-state index contributed by atoms with van der Waals surface area (Å²) in [5.74, 6) is -0.255. The van der Waals surface area contributed by atoms with Gasteiger partial charge in [0.1, 0.15) is 6.54 Å². The van der Waals surface area contributed by atoms with Crippen LogP contribution < -0.4 is 10.6 Å². The number of hydrogen-bond donors (Lipinski definition) is 2. The molecule has 0 heterocycles. The van der Waals surface area contributed by atoms with E-state index in [-0.39, 0.29) is 12.5 Å². The van der Waals surface area contributed by atoms with E-state index in [1.165, 1.54) is 7.11 Å². The number of rotatable bonds is 4. The van der Waals surface area contributed by atoms with Crippen LogP contribution in [0.5, 0.6) is 0 Å². The summed E-state index contributed by atoms with van der Waals surface area (Å²) < 4.78 is 4.33. The minimum Gasteiger partial charge on any atom is -0.453 e. The largest absolute Gasteiger partial charge is 0.453 e. The van der Waals surface area contributed by atoms with Crippen molar-refractivity contribution in [3.8, 4) is 0 Å². The standard InChI is InChI=1S/C11H14N2O3/c1-16-11(15)13-8-10(14)12-7-9-5-3-2-4-6-9/h2-6H,7-8H2,1H3,(H,12,14)(H,13,15).